The highest BCUT2D eigenvalue weighted by atomic mass is 19.3. The molecule has 0 radical (unpaired) electrons. The lowest BCUT2D eigenvalue weighted by Crippen LogP contribution is -2.19. The molecule has 4 heteroatoms. The summed E-state index contributed by atoms with van der Waals surface area (Å²) in [4.78, 5) is 0. The highest BCUT2D eigenvalue weighted by Crippen LogP contribution is 2.28. The Bertz CT molecular complexity index is 315. The number of hydrogen-bond acceptors (Lipinski definition) is 2. The number of nitrogens with two attached hydrogens (primary N) is 1. The lowest BCUT2D eigenvalue weighted by molar-refractivity contribution is 0.115. The van der Waals surface area contributed by atoms with Gasteiger partial charge in [-0.1, -0.05) is 17.7 Å². The number of alkyl halides is 2. The summed E-state index contributed by atoms with van der Waals surface area (Å²) >= 11 is 0. The summed E-state index contributed by atoms with van der Waals surface area (Å²) in [6, 6.07) is 3.77. The van der Waals surface area contributed by atoms with Crippen molar-refractivity contribution in [2.75, 3.05) is 7.11 Å². The molecule has 14 heavy (non-hydrogen) atoms. The molecule has 0 saturated heterocycles. The van der Waals surface area contributed by atoms with Crippen LogP contribution in [0.25, 0.3) is 0 Å². The predicted octanol–water partition coefficient (Wildman–Crippen LogP) is 2.27. The average molecular weight is 201 g/mol. The van der Waals surface area contributed by atoms with Crippen LogP contribution in [0.4, 0.5) is 8.78 Å². The van der Waals surface area contributed by atoms with Crippen molar-refractivity contribution >= 4 is 0 Å². The zero-order chi connectivity index (χ0) is 10.7. The molecule has 0 bridgehead atoms. The van der Waals surface area contributed by atoms with Crippen LogP contribution in [0, 0.1) is 6.92 Å². The minimum Gasteiger partial charge on any atom is -0.496 e. The SMILES string of the molecule is COc1ccc(C)cc1C(N)C(F)F. The van der Waals surface area contributed by atoms with Crippen LogP contribution in [0.1, 0.15) is 17.2 Å². The molecule has 0 fully saturated rings. The summed E-state index contributed by atoms with van der Waals surface area (Å²) in [6.45, 7) is 1.82. The van der Waals surface area contributed by atoms with E-state index in [1.165, 1.54) is 7.11 Å². The molecule has 0 aliphatic carbocycles. The van der Waals surface area contributed by atoms with Gasteiger partial charge in [0.15, 0.2) is 0 Å². The first-order valence-corrected chi connectivity index (χ1v) is 4.24. The largest absolute Gasteiger partial charge is 0.496 e. The van der Waals surface area contributed by atoms with Gasteiger partial charge in [-0.3, -0.25) is 0 Å². The summed E-state index contributed by atoms with van der Waals surface area (Å²) in [5, 5.41) is 0. The van der Waals surface area contributed by atoms with Gasteiger partial charge in [0, 0.05) is 5.56 Å². The zero-order valence-corrected chi connectivity index (χ0v) is 8.13. The van der Waals surface area contributed by atoms with E-state index < -0.39 is 12.5 Å². The van der Waals surface area contributed by atoms with Crippen LogP contribution in [0.15, 0.2) is 18.2 Å². The van der Waals surface area contributed by atoms with Crippen molar-refractivity contribution in [2.45, 2.75) is 19.4 Å². The Balaban J connectivity index is 3.10. The standard InChI is InChI=1S/C10H13F2NO/c1-6-3-4-8(14-2)7(5-6)9(13)10(11)12/h3-5,9-10H,13H2,1-2H3. The summed E-state index contributed by atoms with van der Waals surface area (Å²) in [5.41, 5.74) is 6.59. The summed E-state index contributed by atoms with van der Waals surface area (Å²) in [5.74, 6) is 0.406. The smallest absolute Gasteiger partial charge is 0.257 e. The maximum Gasteiger partial charge on any atom is 0.257 e. The zero-order valence-electron chi connectivity index (χ0n) is 8.13. The van der Waals surface area contributed by atoms with E-state index in [-0.39, 0.29) is 0 Å². The van der Waals surface area contributed by atoms with Crippen molar-refractivity contribution in [3.05, 3.63) is 29.3 Å². The van der Waals surface area contributed by atoms with Crippen molar-refractivity contribution in [1.82, 2.24) is 0 Å². The molecule has 1 atom stereocenters. The van der Waals surface area contributed by atoms with Gasteiger partial charge in [-0.05, 0) is 13.0 Å². The highest BCUT2D eigenvalue weighted by Gasteiger charge is 2.21. The quantitative estimate of drug-likeness (QED) is 0.814. The van der Waals surface area contributed by atoms with Crippen molar-refractivity contribution in [3.63, 3.8) is 0 Å². The maximum atomic E-state index is 12.4. The molecule has 1 aromatic rings. The van der Waals surface area contributed by atoms with Crippen molar-refractivity contribution in [3.8, 4) is 5.75 Å². The fraction of sp³-hybridized carbons (Fsp3) is 0.400. The maximum absolute atomic E-state index is 12.4. The number of halogens is 2. The van der Waals surface area contributed by atoms with Gasteiger partial charge in [0.2, 0.25) is 0 Å². The van der Waals surface area contributed by atoms with E-state index >= 15 is 0 Å². The second-order valence-corrected chi connectivity index (χ2v) is 3.11. The number of hydrogen-bond donors (Lipinski definition) is 1. The molecule has 2 N–H and O–H groups in total. The van der Waals surface area contributed by atoms with E-state index in [4.69, 9.17) is 10.5 Å². The van der Waals surface area contributed by atoms with E-state index in [2.05, 4.69) is 0 Å². The van der Waals surface area contributed by atoms with Gasteiger partial charge < -0.3 is 10.5 Å². The molecule has 0 saturated carbocycles. The van der Waals surface area contributed by atoms with Crippen LogP contribution < -0.4 is 10.5 Å². The molecule has 0 spiro atoms. The Kier molecular flexibility index (Phi) is 3.41. The Morgan fingerprint density at radius 1 is 1.36 bits per heavy atom. The highest BCUT2D eigenvalue weighted by molar-refractivity contribution is 5.39. The van der Waals surface area contributed by atoms with Gasteiger partial charge in [-0.15, -0.1) is 0 Å². The van der Waals surface area contributed by atoms with Crippen molar-refractivity contribution in [1.29, 1.82) is 0 Å². The van der Waals surface area contributed by atoms with Crippen LogP contribution >= 0.6 is 0 Å². The van der Waals surface area contributed by atoms with E-state index in [0.29, 0.717) is 11.3 Å². The number of aryl methyl sites for hydroxylation is 1. The molecule has 0 aliphatic rings. The summed E-state index contributed by atoms with van der Waals surface area (Å²) in [6.07, 6.45) is -2.58. The third kappa shape index (κ3) is 2.20. The minimum atomic E-state index is -2.58. The molecule has 0 aliphatic heterocycles. The van der Waals surface area contributed by atoms with E-state index in [0.717, 1.165) is 5.56 Å². The molecule has 1 aromatic carbocycles. The minimum absolute atomic E-state index is 0.350. The Morgan fingerprint density at radius 3 is 2.50 bits per heavy atom. The van der Waals surface area contributed by atoms with Gasteiger partial charge >= 0.3 is 0 Å². The lowest BCUT2D eigenvalue weighted by atomic mass is 10.0. The van der Waals surface area contributed by atoms with E-state index in [9.17, 15) is 8.78 Å². The monoisotopic (exact) mass is 201 g/mol. The molecule has 0 amide bonds. The fourth-order valence-electron chi connectivity index (χ4n) is 1.25. The van der Waals surface area contributed by atoms with E-state index in [1.54, 1.807) is 18.2 Å². The topological polar surface area (TPSA) is 35.2 Å². The molecule has 2 nitrogen and oxygen atoms in total. The summed E-state index contributed by atoms with van der Waals surface area (Å²) < 4.78 is 29.7. The second-order valence-electron chi connectivity index (χ2n) is 3.11. The first kappa shape index (κ1) is 10.9. The molecule has 78 valence electrons. The third-order valence-corrected chi connectivity index (χ3v) is 2.02. The Labute approximate surface area is 81.7 Å². The van der Waals surface area contributed by atoms with Crippen molar-refractivity contribution < 1.29 is 13.5 Å². The van der Waals surface area contributed by atoms with Gasteiger partial charge in [0.05, 0.1) is 13.2 Å². The van der Waals surface area contributed by atoms with Gasteiger partial charge in [-0.25, -0.2) is 8.78 Å². The van der Waals surface area contributed by atoms with Crippen LogP contribution in [0.3, 0.4) is 0 Å². The van der Waals surface area contributed by atoms with Crippen molar-refractivity contribution in [2.24, 2.45) is 5.73 Å². The first-order valence-electron chi connectivity index (χ1n) is 4.24. The first-order chi connectivity index (χ1) is 6.56. The number of methoxy groups -OCH3 is 1. The second kappa shape index (κ2) is 4.37. The predicted molar refractivity (Wildman–Crippen MR) is 50.7 cm³/mol. The Morgan fingerprint density at radius 2 is 2.00 bits per heavy atom. The van der Waals surface area contributed by atoms with Crippen LogP contribution in [-0.4, -0.2) is 13.5 Å². The van der Waals surface area contributed by atoms with Gasteiger partial charge in [0.25, 0.3) is 6.43 Å². The number of ether oxygens (including phenoxy) is 1. The molecular formula is C10H13F2NO. The normalized spacial score (nSPS) is 13.0. The molecule has 1 unspecified atom stereocenters. The fourth-order valence-corrected chi connectivity index (χ4v) is 1.25. The number of rotatable bonds is 3. The Hall–Kier alpha value is -1.16. The lowest BCUT2D eigenvalue weighted by Gasteiger charge is -2.15. The molecule has 0 aromatic heterocycles. The van der Waals surface area contributed by atoms with Gasteiger partial charge in [0.1, 0.15) is 5.75 Å². The van der Waals surface area contributed by atoms with Crippen LogP contribution in [0.2, 0.25) is 0 Å². The molecule has 0 heterocycles. The summed E-state index contributed by atoms with van der Waals surface area (Å²) in [7, 11) is 1.44. The average Bonchev–Trinajstić information content (AvgIpc) is 2.16. The molecule has 1 rings (SSSR count). The van der Waals surface area contributed by atoms with Crippen LogP contribution in [-0.2, 0) is 0 Å². The van der Waals surface area contributed by atoms with E-state index in [1.807, 2.05) is 6.92 Å². The molecular weight excluding hydrogens is 188 g/mol. The van der Waals surface area contributed by atoms with Gasteiger partial charge in [-0.2, -0.15) is 0 Å². The number of benzene rings is 1. The third-order valence-electron chi connectivity index (χ3n) is 2.02. The van der Waals surface area contributed by atoms with Crippen LogP contribution in [0.5, 0.6) is 5.75 Å².